The number of benzene rings is 1. The summed E-state index contributed by atoms with van der Waals surface area (Å²) in [5.74, 6) is 0.326. The van der Waals surface area contributed by atoms with E-state index in [0.717, 1.165) is 19.4 Å². The predicted octanol–water partition coefficient (Wildman–Crippen LogP) is 2.75. The lowest BCUT2D eigenvalue weighted by atomic mass is 10.1. The van der Waals surface area contributed by atoms with Crippen molar-refractivity contribution >= 4 is 0 Å². The van der Waals surface area contributed by atoms with Gasteiger partial charge >= 0.3 is 0 Å². The summed E-state index contributed by atoms with van der Waals surface area (Å²) in [6.45, 7) is 4.87. The molecule has 2 nitrogen and oxygen atoms in total. The van der Waals surface area contributed by atoms with Crippen LogP contribution in [0.3, 0.4) is 0 Å². The molecule has 0 aliphatic carbocycles. The summed E-state index contributed by atoms with van der Waals surface area (Å²) >= 11 is 0. The Morgan fingerprint density at radius 3 is 2.50 bits per heavy atom. The van der Waals surface area contributed by atoms with Gasteiger partial charge in [0, 0.05) is 6.61 Å². The summed E-state index contributed by atoms with van der Waals surface area (Å²) in [6.07, 6.45) is 2.34. The molecule has 1 atom stereocenters. The molecule has 0 aliphatic rings. The second-order valence-electron chi connectivity index (χ2n) is 3.47. The van der Waals surface area contributed by atoms with E-state index < -0.39 is 0 Å². The van der Waals surface area contributed by atoms with Gasteiger partial charge in [0.05, 0.1) is 6.10 Å². The Labute approximate surface area is 85.5 Å². The van der Waals surface area contributed by atoms with Crippen LogP contribution in [-0.4, -0.2) is 17.8 Å². The molecule has 78 valence electrons. The molecule has 0 fully saturated rings. The Hall–Kier alpha value is -1.02. The fourth-order valence-electron chi connectivity index (χ4n) is 1.40. The molecule has 0 bridgehead atoms. The highest BCUT2D eigenvalue weighted by Gasteiger charge is 2.01. The van der Waals surface area contributed by atoms with Crippen molar-refractivity contribution in [1.29, 1.82) is 0 Å². The smallest absolute Gasteiger partial charge is 0.115 e. The maximum Gasteiger partial charge on any atom is 0.115 e. The Morgan fingerprint density at radius 2 is 1.93 bits per heavy atom. The van der Waals surface area contributed by atoms with Crippen LogP contribution in [0, 0.1) is 0 Å². The lowest BCUT2D eigenvalue weighted by Crippen LogP contribution is -2.08. The van der Waals surface area contributed by atoms with Crippen molar-refractivity contribution < 1.29 is 9.84 Å². The second kappa shape index (κ2) is 5.66. The van der Waals surface area contributed by atoms with Crippen LogP contribution >= 0.6 is 0 Å². The summed E-state index contributed by atoms with van der Waals surface area (Å²) < 4.78 is 5.44. The molecule has 0 saturated heterocycles. The molecule has 0 saturated carbocycles. The van der Waals surface area contributed by atoms with Gasteiger partial charge in [-0.05, 0) is 44.4 Å². The van der Waals surface area contributed by atoms with Gasteiger partial charge in [0.1, 0.15) is 5.75 Å². The maximum atomic E-state index is 9.09. The molecule has 2 heteroatoms. The molecule has 1 N–H and O–H groups in total. The van der Waals surface area contributed by atoms with Crippen LogP contribution in [0.25, 0.3) is 0 Å². The highest BCUT2D eigenvalue weighted by atomic mass is 16.5. The zero-order chi connectivity index (χ0) is 10.4. The summed E-state index contributed by atoms with van der Waals surface area (Å²) in [5, 5.41) is 9.09. The van der Waals surface area contributed by atoms with E-state index in [9.17, 15) is 0 Å². The molecule has 0 amide bonds. The van der Waals surface area contributed by atoms with Gasteiger partial charge in [-0.15, -0.1) is 0 Å². The fraction of sp³-hybridized carbons (Fsp3) is 0.500. The first-order valence-corrected chi connectivity index (χ1v) is 5.12. The number of ether oxygens (including phenoxy) is 1. The maximum absolute atomic E-state index is 9.09. The highest BCUT2D eigenvalue weighted by Crippen LogP contribution is 2.12. The number of aromatic hydroxyl groups is 1. The minimum Gasteiger partial charge on any atom is -0.508 e. The van der Waals surface area contributed by atoms with Gasteiger partial charge in [-0.25, -0.2) is 0 Å². The third-order valence-electron chi connectivity index (χ3n) is 2.23. The molecule has 0 unspecified atom stereocenters. The Balaban J connectivity index is 2.34. The minimum atomic E-state index is 0.314. The minimum absolute atomic E-state index is 0.314. The summed E-state index contributed by atoms with van der Waals surface area (Å²) in [4.78, 5) is 0. The van der Waals surface area contributed by atoms with Crippen molar-refractivity contribution in [2.75, 3.05) is 6.61 Å². The van der Waals surface area contributed by atoms with Crippen molar-refractivity contribution in [3.63, 3.8) is 0 Å². The zero-order valence-electron chi connectivity index (χ0n) is 8.86. The Kier molecular flexibility index (Phi) is 4.47. The number of phenols is 1. The molecule has 0 heterocycles. The lowest BCUT2D eigenvalue weighted by Gasteiger charge is -2.10. The van der Waals surface area contributed by atoms with Gasteiger partial charge in [0.25, 0.3) is 0 Å². The average molecular weight is 194 g/mol. The first kappa shape index (κ1) is 11.1. The van der Waals surface area contributed by atoms with Crippen LogP contribution in [-0.2, 0) is 11.2 Å². The Morgan fingerprint density at radius 1 is 1.29 bits per heavy atom. The van der Waals surface area contributed by atoms with Gasteiger partial charge in [-0.2, -0.15) is 0 Å². The predicted molar refractivity (Wildman–Crippen MR) is 57.5 cm³/mol. The van der Waals surface area contributed by atoms with E-state index in [1.807, 2.05) is 19.1 Å². The molecular formula is C12H18O2. The van der Waals surface area contributed by atoms with E-state index in [4.69, 9.17) is 9.84 Å². The van der Waals surface area contributed by atoms with Crippen molar-refractivity contribution in [3.8, 4) is 5.75 Å². The van der Waals surface area contributed by atoms with Crippen molar-refractivity contribution in [1.82, 2.24) is 0 Å². The lowest BCUT2D eigenvalue weighted by molar-refractivity contribution is 0.0706. The van der Waals surface area contributed by atoms with Crippen LogP contribution in [0.2, 0.25) is 0 Å². The van der Waals surface area contributed by atoms with Crippen molar-refractivity contribution in [3.05, 3.63) is 29.8 Å². The first-order chi connectivity index (χ1) is 6.72. The SMILES string of the molecule is CCO[C@@H](C)CCc1ccc(O)cc1. The number of aryl methyl sites for hydroxylation is 1. The molecule has 1 rings (SSSR count). The summed E-state index contributed by atoms with van der Waals surface area (Å²) in [6, 6.07) is 7.35. The fourth-order valence-corrected chi connectivity index (χ4v) is 1.40. The summed E-state index contributed by atoms with van der Waals surface area (Å²) in [5.41, 5.74) is 1.24. The second-order valence-corrected chi connectivity index (χ2v) is 3.47. The topological polar surface area (TPSA) is 29.5 Å². The third kappa shape index (κ3) is 3.79. The Bertz CT molecular complexity index is 254. The summed E-state index contributed by atoms with van der Waals surface area (Å²) in [7, 11) is 0. The number of phenolic OH excluding ortho intramolecular Hbond substituents is 1. The molecule has 0 spiro atoms. The molecule has 0 radical (unpaired) electrons. The molecular weight excluding hydrogens is 176 g/mol. The van der Waals surface area contributed by atoms with Crippen LogP contribution in [0.5, 0.6) is 5.75 Å². The molecule has 14 heavy (non-hydrogen) atoms. The van der Waals surface area contributed by atoms with Crippen molar-refractivity contribution in [2.45, 2.75) is 32.8 Å². The largest absolute Gasteiger partial charge is 0.508 e. The number of rotatable bonds is 5. The van der Waals surface area contributed by atoms with E-state index in [-0.39, 0.29) is 0 Å². The van der Waals surface area contributed by atoms with Crippen LogP contribution in [0.1, 0.15) is 25.8 Å². The highest BCUT2D eigenvalue weighted by molar-refractivity contribution is 5.25. The van der Waals surface area contributed by atoms with Crippen LogP contribution < -0.4 is 0 Å². The molecule has 1 aromatic rings. The van der Waals surface area contributed by atoms with E-state index in [1.54, 1.807) is 12.1 Å². The van der Waals surface area contributed by atoms with Gasteiger partial charge < -0.3 is 9.84 Å². The van der Waals surface area contributed by atoms with E-state index >= 15 is 0 Å². The molecule has 0 aromatic heterocycles. The van der Waals surface area contributed by atoms with E-state index in [2.05, 4.69) is 6.92 Å². The van der Waals surface area contributed by atoms with Crippen LogP contribution in [0.15, 0.2) is 24.3 Å². The zero-order valence-corrected chi connectivity index (χ0v) is 8.86. The average Bonchev–Trinajstić information content (AvgIpc) is 2.17. The number of hydrogen-bond acceptors (Lipinski definition) is 2. The quantitative estimate of drug-likeness (QED) is 0.781. The first-order valence-electron chi connectivity index (χ1n) is 5.12. The standard InChI is InChI=1S/C12H18O2/c1-3-14-10(2)4-5-11-6-8-12(13)9-7-11/h6-10,13H,3-5H2,1-2H3/t10-/m0/s1. The normalized spacial score (nSPS) is 12.7. The van der Waals surface area contributed by atoms with Gasteiger partial charge in [-0.3, -0.25) is 0 Å². The van der Waals surface area contributed by atoms with Gasteiger partial charge in [-0.1, -0.05) is 12.1 Å². The third-order valence-corrected chi connectivity index (χ3v) is 2.23. The monoisotopic (exact) mass is 194 g/mol. The van der Waals surface area contributed by atoms with Crippen LogP contribution in [0.4, 0.5) is 0 Å². The van der Waals surface area contributed by atoms with E-state index in [0.29, 0.717) is 11.9 Å². The number of hydrogen-bond donors (Lipinski definition) is 1. The molecule has 1 aromatic carbocycles. The molecule has 0 aliphatic heterocycles. The van der Waals surface area contributed by atoms with Gasteiger partial charge in [0.15, 0.2) is 0 Å². The van der Waals surface area contributed by atoms with Crippen molar-refractivity contribution in [2.24, 2.45) is 0 Å². The van der Waals surface area contributed by atoms with E-state index in [1.165, 1.54) is 5.56 Å². The van der Waals surface area contributed by atoms with Gasteiger partial charge in [0.2, 0.25) is 0 Å².